The van der Waals surface area contributed by atoms with Crippen LogP contribution in [0.4, 0.5) is 0 Å². The smallest absolute Gasteiger partial charge is 0.358 e. The van der Waals surface area contributed by atoms with Gasteiger partial charge in [0.1, 0.15) is 0 Å². The zero-order chi connectivity index (χ0) is 12.6. The molecule has 5 nitrogen and oxygen atoms in total. The van der Waals surface area contributed by atoms with Gasteiger partial charge in [0.05, 0.1) is 16.4 Å². The average molecular weight is 317 g/mol. The van der Waals surface area contributed by atoms with Gasteiger partial charge in [0.15, 0.2) is 5.69 Å². The van der Waals surface area contributed by atoms with Crippen molar-refractivity contribution in [2.24, 2.45) is 0 Å². The Bertz CT molecular complexity index is 597. The van der Waals surface area contributed by atoms with Crippen LogP contribution in [0, 0.1) is 6.92 Å². The second-order valence-electron chi connectivity index (χ2n) is 3.34. The third-order valence-corrected chi connectivity index (χ3v) is 3.48. The zero-order valence-electron chi connectivity index (χ0n) is 8.69. The fourth-order valence-corrected chi connectivity index (χ4v) is 1.81. The zero-order valence-corrected chi connectivity index (χ0v) is 11.0. The molecule has 0 unspecified atom stereocenters. The van der Waals surface area contributed by atoms with Gasteiger partial charge in [-0.1, -0.05) is 16.8 Å². The highest BCUT2D eigenvalue weighted by Gasteiger charge is 2.16. The fraction of sp³-hybridized carbons (Fsp3) is 0.100. The number of benzene rings is 1. The molecule has 0 saturated heterocycles. The summed E-state index contributed by atoms with van der Waals surface area (Å²) in [7, 11) is 0. The van der Waals surface area contributed by atoms with Gasteiger partial charge >= 0.3 is 5.97 Å². The topological polar surface area (TPSA) is 68.0 Å². The van der Waals surface area contributed by atoms with Gasteiger partial charge in [0.2, 0.25) is 0 Å². The molecule has 0 saturated carbocycles. The first-order valence-corrected chi connectivity index (χ1v) is 5.79. The van der Waals surface area contributed by atoms with Crippen LogP contribution in [-0.4, -0.2) is 26.1 Å². The van der Waals surface area contributed by atoms with E-state index >= 15 is 0 Å². The molecule has 88 valence electrons. The van der Waals surface area contributed by atoms with Gasteiger partial charge in [-0.25, -0.2) is 9.48 Å². The second-order valence-corrected chi connectivity index (χ2v) is 4.60. The molecule has 0 fully saturated rings. The minimum Gasteiger partial charge on any atom is -0.476 e. The van der Waals surface area contributed by atoms with Crippen molar-refractivity contribution in [3.63, 3.8) is 0 Å². The van der Waals surface area contributed by atoms with Gasteiger partial charge in [-0.15, -0.1) is 5.10 Å². The Hall–Kier alpha value is -1.40. The molecule has 7 heteroatoms. The summed E-state index contributed by atoms with van der Waals surface area (Å²) in [5.74, 6) is -1.10. The average Bonchev–Trinajstić information content (AvgIpc) is 2.64. The molecule has 0 atom stereocenters. The number of carbonyl (C=O) groups is 1. The van der Waals surface area contributed by atoms with Crippen LogP contribution in [0.15, 0.2) is 22.7 Å². The summed E-state index contributed by atoms with van der Waals surface area (Å²) >= 11 is 9.24. The number of halogens is 2. The van der Waals surface area contributed by atoms with Crippen LogP contribution in [0.1, 0.15) is 16.2 Å². The van der Waals surface area contributed by atoms with Crippen LogP contribution in [0.25, 0.3) is 5.69 Å². The normalized spacial score (nSPS) is 10.5. The van der Waals surface area contributed by atoms with E-state index in [-0.39, 0.29) is 5.69 Å². The molecule has 0 aliphatic heterocycles. The molecule has 1 aromatic carbocycles. The highest BCUT2D eigenvalue weighted by molar-refractivity contribution is 9.10. The first-order valence-electron chi connectivity index (χ1n) is 4.61. The van der Waals surface area contributed by atoms with Gasteiger partial charge in [0.25, 0.3) is 0 Å². The van der Waals surface area contributed by atoms with Gasteiger partial charge in [-0.3, -0.25) is 0 Å². The Labute approximate surface area is 110 Å². The van der Waals surface area contributed by atoms with E-state index in [0.717, 1.165) is 4.47 Å². The lowest BCUT2D eigenvalue weighted by Crippen LogP contribution is -2.02. The van der Waals surface area contributed by atoms with Crippen molar-refractivity contribution in [3.05, 3.63) is 39.1 Å². The molecule has 0 radical (unpaired) electrons. The van der Waals surface area contributed by atoms with Crippen LogP contribution >= 0.6 is 27.5 Å². The lowest BCUT2D eigenvalue weighted by Gasteiger charge is -2.04. The number of nitrogens with zero attached hydrogens (tertiary/aromatic N) is 3. The molecule has 0 spiro atoms. The van der Waals surface area contributed by atoms with E-state index < -0.39 is 5.97 Å². The van der Waals surface area contributed by atoms with Crippen LogP contribution in [0.5, 0.6) is 0 Å². The number of carboxylic acids is 1. The van der Waals surface area contributed by atoms with Crippen LogP contribution in [0.2, 0.25) is 5.02 Å². The van der Waals surface area contributed by atoms with Crippen LogP contribution in [0.3, 0.4) is 0 Å². The molecule has 1 aromatic heterocycles. The van der Waals surface area contributed by atoms with Crippen LogP contribution < -0.4 is 0 Å². The maximum Gasteiger partial charge on any atom is 0.358 e. The first kappa shape index (κ1) is 12.1. The maximum atomic E-state index is 10.8. The Kier molecular flexibility index (Phi) is 3.17. The van der Waals surface area contributed by atoms with Gasteiger partial charge in [0, 0.05) is 4.47 Å². The highest BCUT2D eigenvalue weighted by atomic mass is 79.9. The van der Waals surface area contributed by atoms with Crippen molar-refractivity contribution in [1.29, 1.82) is 0 Å². The molecule has 0 bridgehead atoms. The third-order valence-electron chi connectivity index (χ3n) is 2.24. The highest BCUT2D eigenvalue weighted by Crippen LogP contribution is 2.25. The van der Waals surface area contributed by atoms with Gasteiger partial charge < -0.3 is 5.11 Å². The number of aromatic nitrogens is 3. The molecule has 0 aliphatic carbocycles. The lowest BCUT2D eigenvalue weighted by atomic mass is 10.3. The summed E-state index contributed by atoms with van der Waals surface area (Å²) < 4.78 is 2.20. The summed E-state index contributed by atoms with van der Waals surface area (Å²) in [6.07, 6.45) is 0. The predicted molar refractivity (Wildman–Crippen MR) is 65.8 cm³/mol. The molecule has 0 amide bonds. The van der Waals surface area contributed by atoms with E-state index in [1.807, 2.05) is 0 Å². The Morgan fingerprint density at radius 3 is 2.76 bits per heavy atom. The van der Waals surface area contributed by atoms with E-state index in [9.17, 15) is 4.79 Å². The van der Waals surface area contributed by atoms with Gasteiger partial charge in [-0.05, 0) is 41.1 Å². The second kappa shape index (κ2) is 4.46. The van der Waals surface area contributed by atoms with E-state index in [0.29, 0.717) is 16.4 Å². The van der Waals surface area contributed by atoms with E-state index in [2.05, 4.69) is 26.2 Å². The number of carboxylic acid groups (broad SMARTS) is 1. The predicted octanol–water partition coefficient (Wildman–Crippen LogP) is 2.69. The van der Waals surface area contributed by atoms with Crippen molar-refractivity contribution in [1.82, 2.24) is 15.0 Å². The Morgan fingerprint density at radius 1 is 1.53 bits per heavy atom. The number of hydrogen-bond acceptors (Lipinski definition) is 3. The van der Waals surface area contributed by atoms with Crippen molar-refractivity contribution < 1.29 is 9.90 Å². The number of hydrogen-bond donors (Lipinski definition) is 1. The summed E-state index contributed by atoms with van der Waals surface area (Å²) in [6, 6.07) is 5.21. The van der Waals surface area contributed by atoms with Crippen molar-refractivity contribution >= 4 is 33.5 Å². The fourth-order valence-electron chi connectivity index (χ4n) is 1.39. The molecule has 2 aromatic rings. The molecular weight excluding hydrogens is 309 g/mol. The Morgan fingerprint density at radius 2 is 2.24 bits per heavy atom. The van der Waals surface area contributed by atoms with E-state index in [4.69, 9.17) is 16.7 Å². The quantitative estimate of drug-likeness (QED) is 0.925. The molecule has 2 rings (SSSR count). The molecule has 1 N–H and O–H groups in total. The standard InChI is InChI=1S/C10H7BrClN3O2/c1-5-9(10(16)17)13-14-15(5)6-2-3-7(11)8(12)4-6/h2-4H,1H3,(H,16,17). The monoisotopic (exact) mass is 315 g/mol. The van der Waals surface area contributed by atoms with Crippen molar-refractivity contribution in [3.8, 4) is 5.69 Å². The third kappa shape index (κ3) is 2.18. The summed E-state index contributed by atoms with van der Waals surface area (Å²) in [6.45, 7) is 1.64. The minimum absolute atomic E-state index is 0.0657. The molecular formula is C10H7BrClN3O2. The van der Waals surface area contributed by atoms with E-state index in [1.54, 1.807) is 25.1 Å². The molecule has 0 aliphatic rings. The number of aromatic carboxylic acids is 1. The lowest BCUT2D eigenvalue weighted by molar-refractivity contribution is 0.0689. The Balaban J connectivity index is 2.53. The molecule has 1 heterocycles. The summed E-state index contributed by atoms with van der Waals surface area (Å²) in [5, 5.41) is 16.8. The maximum absolute atomic E-state index is 10.8. The van der Waals surface area contributed by atoms with Crippen molar-refractivity contribution in [2.45, 2.75) is 6.92 Å². The van der Waals surface area contributed by atoms with E-state index in [1.165, 1.54) is 4.68 Å². The van der Waals surface area contributed by atoms with Crippen molar-refractivity contribution in [2.75, 3.05) is 0 Å². The first-order chi connectivity index (χ1) is 8.00. The summed E-state index contributed by atoms with van der Waals surface area (Å²) in [4.78, 5) is 10.8. The largest absolute Gasteiger partial charge is 0.476 e. The minimum atomic E-state index is -1.10. The summed E-state index contributed by atoms with van der Waals surface area (Å²) in [5.41, 5.74) is 1.05. The number of rotatable bonds is 2. The SMILES string of the molecule is Cc1c(C(=O)O)nnn1-c1ccc(Br)c(Cl)c1. The van der Waals surface area contributed by atoms with Crippen LogP contribution in [-0.2, 0) is 0 Å². The molecule has 17 heavy (non-hydrogen) atoms. The van der Waals surface area contributed by atoms with Gasteiger partial charge in [-0.2, -0.15) is 0 Å².